The zero-order chi connectivity index (χ0) is 13.2. The highest BCUT2D eigenvalue weighted by atomic mass is 16.5. The predicted octanol–water partition coefficient (Wildman–Crippen LogP) is 0.0666. The molecule has 6 heteroatoms. The SMILES string of the molecule is NC1COCC1C(=O)NC1CCCC1n1ccnc1. The molecule has 4 unspecified atom stereocenters. The van der Waals surface area contributed by atoms with Crippen LogP contribution in [0.15, 0.2) is 18.7 Å². The Balaban J connectivity index is 1.64. The van der Waals surface area contributed by atoms with E-state index in [1.807, 2.05) is 12.5 Å². The molecule has 6 nitrogen and oxygen atoms in total. The molecule has 1 saturated heterocycles. The maximum absolute atomic E-state index is 12.2. The lowest BCUT2D eigenvalue weighted by atomic mass is 10.0. The van der Waals surface area contributed by atoms with E-state index >= 15 is 0 Å². The van der Waals surface area contributed by atoms with E-state index in [0.717, 1.165) is 19.3 Å². The zero-order valence-electron chi connectivity index (χ0n) is 10.9. The Morgan fingerprint density at radius 1 is 1.42 bits per heavy atom. The molecule has 4 atom stereocenters. The van der Waals surface area contributed by atoms with Crippen LogP contribution in [0, 0.1) is 5.92 Å². The molecule has 0 aromatic carbocycles. The van der Waals surface area contributed by atoms with Gasteiger partial charge in [0.2, 0.25) is 5.91 Å². The number of aromatic nitrogens is 2. The van der Waals surface area contributed by atoms with Crippen LogP contribution in [0.2, 0.25) is 0 Å². The van der Waals surface area contributed by atoms with Crippen molar-refractivity contribution < 1.29 is 9.53 Å². The number of imidazole rings is 1. The van der Waals surface area contributed by atoms with Crippen LogP contribution < -0.4 is 11.1 Å². The Morgan fingerprint density at radius 3 is 3.00 bits per heavy atom. The van der Waals surface area contributed by atoms with Gasteiger partial charge in [-0.05, 0) is 19.3 Å². The molecule has 104 valence electrons. The average Bonchev–Trinajstić information content (AvgIpc) is 3.07. The van der Waals surface area contributed by atoms with Crippen LogP contribution in [0.25, 0.3) is 0 Å². The Kier molecular flexibility index (Phi) is 3.52. The van der Waals surface area contributed by atoms with Crippen LogP contribution >= 0.6 is 0 Å². The van der Waals surface area contributed by atoms with Gasteiger partial charge in [0.25, 0.3) is 0 Å². The maximum atomic E-state index is 12.2. The van der Waals surface area contributed by atoms with E-state index in [2.05, 4.69) is 14.9 Å². The molecule has 3 N–H and O–H groups in total. The fraction of sp³-hybridized carbons (Fsp3) is 0.692. The average molecular weight is 264 g/mol. The first kappa shape index (κ1) is 12.6. The summed E-state index contributed by atoms with van der Waals surface area (Å²) in [5, 5.41) is 3.14. The molecule has 0 spiro atoms. The number of carbonyl (C=O) groups excluding carboxylic acids is 1. The molecule has 0 bridgehead atoms. The van der Waals surface area contributed by atoms with Gasteiger partial charge in [-0.15, -0.1) is 0 Å². The topological polar surface area (TPSA) is 82.2 Å². The van der Waals surface area contributed by atoms with E-state index in [4.69, 9.17) is 10.5 Å². The van der Waals surface area contributed by atoms with Crippen LogP contribution in [0.1, 0.15) is 25.3 Å². The van der Waals surface area contributed by atoms with Crippen molar-refractivity contribution in [3.05, 3.63) is 18.7 Å². The third-order valence-corrected chi connectivity index (χ3v) is 4.18. The van der Waals surface area contributed by atoms with Gasteiger partial charge in [0.05, 0.1) is 31.5 Å². The molecular weight excluding hydrogens is 244 g/mol. The van der Waals surface area contributed by atoms with Gasteiger partial charge in [0.15, 0.2) is 0 Å². The number of amides is 1. The molecular formula is C13H20N4O2. The zero-order valence-corrected chi connectivity index (χ0v) is 10.9. The van der Waals surface area contributed by atoms with Crippen molar-refractivity contribution in [2.45, 2.75) is 37.4 Å². The number of nitrogens with zero attached hydrogens (tertiary/aromatic N) is 2. The fourth-order valence-corrected chi connectivity index (χ4v) is 3.06. The minimum absolute atomic E-state index is 0.0296. The normalized spacial score (nSPS) is 34.6. The van der Waals surface area contributed by atoms with Gasteiger partial charge in [-0.3, -0.25) is 4.79 Å². The Labute approximate surface area is 112 Å². The number of nitrogens with two attached hydrogens (primary N) is 1. The third-order valence-electron chi connectivity index (χ3n) is 4.18. The van der Waals surface area contributed by atoms with Crippen LogP contribution in [-0.2, 0) is 9.53 Å². The van der Waals surface area contributed by atoms with Crippen LogP contribution in [0.4, 0.5) is 0 Å². The number of nitrogens with one attached hydrogen (secondary N) is 1. The van der Waals surface area contributed by atoms with Gasteiger partial charge < -0.3 is 20.4 Å². The summed E-state index contributed by atoms with van der Waals surface area (Å²) in [6, 6.07) is 0.313. The molecule has 3 rings (SSSR count). The first-order chi connectivity index (χ1) is 9.25. The minimum Gasteiger partial charge on any atom is -0.379 e. The van der Waals surface area contributed by atoms with Gasteiger partial charge in [-0.2, -0.15) is 0 Å². The summed E-state index contributed by atoms with van der Waals surface area (Å²) in [7, 11) is 0. The lowest BCUT2D eigenvalue weighted by Gasteiger charge is -2.24. The Hall–Kier alpha value is -1.40. The second kappa shape index (κ2) is 5.30. The number of rotatable bonds is 3. The van der Waals surface area contributed by atoms with Gasteiger partial charge in [-0.1, -0.05) is 0 Å². The Morgan fingerprint density at radius 2 is 2.32 bits per heavy atom. The molecule has 1 amide bonds. The van der Waals surface area contributed by atoms with Gasteiger partial charge in [0, 0.05) is 24.5 Å². The van der Waals surface area contributed by atoms with E-state index in [0.29, 0.717) is 19.3 Å². The number of ether oxygens (including phenoxy) is 1. The summed E-state index contributed by atoms with van der Waals surface area (Å²) in [5.41, 5.74) is 5.88. The van der Waals surface area contributed by atoms with Crippen LogP contribution in [-0.4, -0.2) is 40.8 Å². The van der Waals surface area contributed by atoms with Crippen molar-refractivity contribution in [1.82, 2.24) is 14.9 Å². The molecule has 1 saturated carbocycles. The summed E-state index contributed by atoms with van der Waals surface area (Å²) in [4.78, 5) is 16.3. The van der Waals surface area contributed by atoms with E-state index in [9.17, 15) is 4.79 Å². The first-order valence-electron chi connectivity index (χ1n) is 6.87. The first-order valence-corrected chi connectivity index (χ1v) is 6.87. The van der Waals surface area contributed by atoms with Crippen molar-refractivity contribution in [2.24, 2.45) is 11.7 Å². The van der Waals surface area contributed by atoms with Crippen molar-refractivity contribution in [3.63, 3.8) is 0 Å². The largest absolute Gasteiger partial charge is 0.379 e. The third kappa shape index (κ3) is 2.50. The summed E-state index contributed by atoms with van der Waals surface area (Å²) in [5.74, 6) is -0.175. The lowest BCUT2D eigenvalue weighted by Crippen LogP contribution is -2.46. The molecule has 2 aliphatic rings. The quantitative estimate of drug-likeness (QED) is 0.809. The standard InChI is InChI=1S/C13H20N4O2/c14-10-7-19-6-9(10)13(18)16-11-2-1-3-12(11)17-5-4-15-8-17/h4-5,8-12H,1-3,6-7,14H2,(H,16,18). The van der Waals surface area contributed by atoms with E-state index in [1.165, 1.54) is 0 Å². The summed E-state index contributed by atoms with van der Waals surface area (Å²) >= 11 is 0. The van der Waals surface area contributed by atoms with E-state index in [1.54, 1.807) is 6.20 Å². The van der Waals surface area contributed by atoms with Gasteiger partial charge in [0.1, 0.15) is 0 Å². The number of hydrogen-bond donors (Lipinski definition) is 2. The summed E-state index contributed by atoms with van der Waals surface area (Å²) < 4.78 is 7.34. The van der Waals surface area contributed by atoms with Crippen molar-refractivity contribution in [2.75, 3.05) is 13.2 Å². The smallest absolute Gasteiger partial charge is 0.227 e. The highest BCUT2D eigenvalue weighted by molar-refractivity contribution is 5.80. The minimum atomic E-state index is -0.205. The van der Waals surface area contributed by atoms with Gasteiger partial charge in [-0.25, -0.2) is 4.98 Å². The Bertz CT molecular complexity index is 434. The van der Waals surface area contributed by atoms with Crippen LogP contribution in [0.5, 0.6) is 0 Å². The molecule has 2 heterocycles. The van der Waals surface area contributed by atoms with Crippen LogP contribution in [0.3, 0.4) is 0 Å². The molecule has 2 fully saturated rings. The molecule has 1 aliphatic heterocycles. The molecule has 19 heavy (non-hydrogen) atoms. The van der Waals surface area contributed by atoms with E-state index < -0.39 is 0 Å². The molecule has 1 aromatic heterocycles. The molecule has 1 aromatic rings. The highest BCUT2D eigenvalue weighted by Gasteiger charge is 2.35. The second-order valence-corrected chi connectivity index (χ2v) is 5.43. The summed E-state index contributed by atoms with van der Waals surface area (Å²) in [6.45, 7) is 0.920. The van der Waals surface area contributed by atoms with Crippen molar-refractivity contribution in [3.8, 4) is 0 Å². The predicted molar refractivity (Wildman–Crippen MR) is 69.3 cm³/mol. The number of hydrogen-bond acceptors (Lipinski definition) is 4. The fourth-order valence-electron chi connectivity index (χ4n) is 3.06. The molecule has 0 radical (unpaired) electrons. The highest BCUT2D eigenvalue weighted by Crippen LogP contribution is 2.30. The van der Waals surface area contributed by atoms with Gasteiger partial charge >= 0.3 is 0 Å². The van der Waals surface area contributed by atoms with Crippen molar-refractivity contribution in [1.29, 1.82) is 0 Å². The second-order valence-electron chi connectivity index (χ2n) is 5.43. The molecule has 1 aliphatic carbocycles. The monoisotopic (exact) mass is 264 g/mol. The number of carbonyl (C=O) groups is 1. The maximum Gasteiger partial charge on any atom is 0.227 e. The summed E-state index contributed by atoms with van der Waals surface area (Å²) in [6.07, 6.45) is 8.77. The van der Waals surface area contributed by atoms with E-state index in [-0.39, 0.29) is 23.9 Å². The van der Waals surface area contributed by atoms with Crippen molar-refractivity contribution >= 4 is 5.91 Å². The lowest BCUT2D eigenvalue weighted by molar-refractivity contribution is -0.126.